The van der Waals surface area contributed by atoms with Gasteiger partial charge in [0.2, 0.25) is 11.8 Å². The van der Waals surface area contributed by atoms with Crippen molar-refractivity contribution >= 4 is 34.2 Å². The van der Waals surface area contributed by atoms with Crippen LogP contribution < -0.4 is 10.6 Å². The van der Waals surface area contributed by atoms with Gasteiger partial charge in [-0.15, -0.1) is 0 Å². The van der Waals surface area contributed by atoms with Crippen LogP contribution in [0.3, 0.4) is 0 Å². The summed E-state index contributed by atoms with van der Waals surface area (Å²) >= 11 is 0. The quantitative estimate of drug-likeness (QED) is 0.708. The highest BCUT2D eigenvalue weighted by atomic mass is 16.2. The van der Waals surface area contributed by atoms with E-state index in [0.717, 1.165) is 10.8 Å². The molecule has 6 nitrogen and oxygen atoms in total. The van der Waals surface area contributed by atoms with Crippen molar-refractivity contribution in [3.8, 4) is 0 Å². The number of hydrogen-bond acceptors (Lipinski definition) is 3. The Morgan fingerprint density at radius 1 is 0.903 bits per heavy atom. The molecule has 0 bridgehead atoms. The highest BCUT2D eigenvalue weighted by molar-refractivity contribution is 6.07. The Morgan fingerprint density at radius 3 is 2.23 bits per heavy atom. The summed E-state index contributed by atoms with van der Waals surface area (Å²) in [7, 11) is 1.73. The third kappa shape index (κ3) is 4.14. The number of piperidine rings is 1. The number of likely N-dealkylation sites (tertiary alicyclic amines) is 1. The van der Waals surface area contributed by atoms with Crippen LogP contribution >= 0.6 is 0 Å². The SMILES string of the molecule is CN(C(=O)C1CCN(C(=O)c2cccc3ccccc23)CC1)c1ccc(C(N)=O)cc1. The molecule has 31 heavy (non-hydrogen) atoms. The van der Waals surface area contributed by atoms with Crippen LogP contribution in [0, 0.1) is 5.92 Å². The average Bonchev–Trinajstić information content (AvgIpc) is 2.82. The second-order valence-corrected chi connectivity index (χ2v) is 7.90. The zero-order valence-electron chi connectivity index (χ0n) is 17.5. The smallest absolute Gasteiger partial charge is 0.254 e. The van der Waals surface area contributed by atoms with E-state index in [1.165, 1.54) is 0 Å². The maximum absolute atomic E-state index is 13.1. The van der Waals surface area contributed by atoms with Gasteiger partial charge >= 0.3 is 0 Å². The first-order valence-corrected chi connectivity index (χ1v) is 10.4. The minimum Gasteiger partial charge on any atom is -0.366 e. The van der Waals surface area contributed by atoms with Crippen molar-refractivity contribution in [2.45, 2.75) is 12.8 Å². The topological polar surface area (TPSA) is 83.7 Å². The molecule has 1 heterocycles. The number of nitrogens with two attached hydrogens (primary N) is 1. The molecule has 0 aliphatic carbocycles. The van der Waals surface area contributed by atoms with Gasteiger partial charge < -0.3 is 15.5 Å². The number of benzene rings is 3. The predicted molar refractivity (Wildman–Crippen MR) is 121 cm³/mol. The Bertz CT molecular complexity index is 1130. The molecule has 0 saturated carbocycles. The lowest BCUT2D eigenvalue weighted by Crippen LogP contribution is -2.43. The number of carbonyl (C=O) groups is 3. The number of nitrogens with zero attached hydrogens (tertiary/aromatic N) is 2. The molecule has 3 aromatic rings. The molecular formula is C25H25N3O3. The van der Waals surface area contributed by atoms with Crippen molar-refractivity contribution in [3.05, 3.63) is 77.9 Å². The summed E-state index contributed by atoms with van der Waals surface area (Å²) in [6, 6.07) is 20.3. The fourth-order valence-corrected chi connectivity index (χ4v) is 4.16. The summed E-state index contributed by atoms with van der Waals surface area (Å²) in [6.45, 7) is 1.10. The van der Waals surface area contributed by atoms with Gasteiger partial charge in [-0.1, -0.05) is 36.4 Å². The van der Waals surface area contributed by atoms with E-state index in [4.69, 9.17) is 5.73 Å². The molecule has 0 spiro atoms. The Balaban J connectivity index is 1.41. The molecule has 0 radical (unpaired) electrons. The first-order chi connectivity index (χ1) is 15.0. The Hall–Kier alpha value is -3.67. The fourth-order valence-electron chi connectivity index (χ4n) is 4.16. The summed E-state index contributed by atoms with van der Waals surface area (Å²) < 4.78 is 0. The van der Waals surface area contributed by atoms with Crippen molar-refractivity contribution in [1.82, 2.24) is 4.90 Å². The van der Waals surface area contributed by atoms with Crippen LogP contribution in [-0.4, -0.2) is 42.8 Å². The highest BCUT2D eigenvalue weighted by Crippen LogP contribution is 2.26. The lowest BCUT2D eigenvalue weighted by Gasteiger charge is -2.33. The number of primary amides is 1. The first kappa shape index (κ1) is 20.6. The van der Waals surface area contributed by atoms with Crippen LogP contribution in [0.2, 0.25) is 0 Å². The average molecular weight is 415 g/mol. The van der Waals surface area contributed by atoms with E-state index in [1.54, 1.807) is 36.2 Å². The zero-order chi connectivity index (χ0) is 22.0. The number of rotatable bonds is 4. The van der Waals surface area contributed by atoms with Crippen LogP contribution in [0.15, 0.2) is 66.7 Å². The van der Waals surface area contributed by atoms with Crippen molar-refractivity contribution in [3.63, 3.8) is 0 Å². The van der Waals surface area contributed by atoms with Gasteiger partial charge in [-0.25, -0.2) is 0 Å². The van der Waals surface area contributed by atoms with Crippen LogP contribution in [0.25, 0.3) is 10.8 Å². The Morgan fingerprint density at radius 2 is 1.55 bits per heavy atom. The maximum atomic E-state index is 13.1. The van der Waals surface area contributed by atoms with E-state index in [0.29, 0.717) is 42.7 Å². The number of fused-ring (bicyclic) bond motifs is 1. The van der Waals surface area contributed by atoms with Gasteiger partial charge in [0.15, 0.2) is 0 Å². The van der Waals surface area contributed by atoms with Gasteiger partial charge in [0.1, 0.15) is 0 Å². The molecule has 3 amide bonds. The first-order valence-electron chi connectivity index (χ1n) is 10.4. The monoisotopic (exact) mass is 415 g/mol. The van der Waals surface area contributed by atoms with Gasteiger partial charge in [-0.3, -0.25) is 14.4 Å². The molecule has 1 fully saturated rings. The molecular weight excluding hydrogens is 390 g/mol. The number of hydrogen-bond donors (Lipinski definition) is 1. The van der Waals surface area contributed by atoms with Gasteiger partial charge in [-0.05, 0) is 53.9 Å². The molecule has 1 aliphatic rings. The van der Waals surface area contributed by atoms with Crippen LogP contribution in [0.4, 0.5) is 5.69 Å². The summed E-state index contributed by atoms with van der Waals surface area (Å²) in [6.07, 6.45) is 1.25. The van der Waals surface area contributed by atoms with Crippen LogP contribution in [0.1, 0.15) is 33.6 Å². The van der Waals surface area contributed by atoms with Gasteiger partial charge in [-0.2, -0.15) is 0 Å². The number of anilines is 1. The summed E-state index contributed by atoms with van der Waals surface area (Å²) in [5, 5.41) is 2.00. The molecule has 1 saturated heterocycles. The largest absolute Gasteiger partial charge is 0.366 e. The highest BCUT2D eigenvalue weighted by Gasteiger charge is 2.30. The summed E-state index contributed by atoms with van der Waals surface area (Å²) in [4.78, 5) is 40.8. The van der Waals surface area contributed by atoms with Crippen molar-refractivity contribution in [1.29, 1.82) is 0 Å². The van der Waals surface area contributed by atoms with Gasteiger partial charge in [0, 0.05) is 42.9 Å². The van der Waals surface area contributed by atoms with Crippen LogP contribution in [0.5, 0.6) is 0 Å². The molecule has 0 aromatic heterocycles. The lowest BCUT2D eigenvalue weighted by atomic mass is 9.94. The molecule has 2 N–H and O–H groups in total. The van der Waals surface area contributed by atoms with Gasteiger partial charge in [0.25, 0.3) is 5.91 Å². The normalized spacial score (nSPS) is 14.4. The second-order valence-electron chi connectivity index (χ2n) is 7.90. The van der Waals surface area contributed by atoms with Crippen molar-refractivity contribution < 1.29 is 14.4 Å². The zero-order valence-corrected chi connectivity index (χ0v) is 17.5. The van der Waals surface area contributed by atoms with E-state index in [2.05, 4.69) is 0 Å². The predicted octanol–water partition coefficient (Wildman–Crippen LogP) is 3.45. The second kappa shape index (κ2) is 8.60. The molecule has 4 rings (SSSR count). The molecule has 6 heteroatoms. The maximum Gasteiger partial charge on any atom is 0.254 e. The molecule has 0 unspecified atom stereocenters. The number of carbonyl (C=O) groups excluding carboxylic acids is 3. The van der Waals surface area contributed by atoms with Crippen LogP contribution in [-0.2, 0) is 4.79 Å². The fraction of sp³-hybridized carbons (Fsp3) is 0.240. The number of amides is 3. The third-order valence-electron chi connectivity index (χ3n) is 6.02. The minimum atomic E-state index is -0.497. The minimum absolute atomic E-state index is 0.0121. The van der Waals surface area contributed by atoms with Crippen molar-refractivity contribution in [2.24, 2.45) is 11.7 Å². The third-order valence-corrected chi connectivity index (χ3v) is 6.02. The van der Waals surface area contributed by atoms with Gasteiger partial charge in [0.05, 0.1) is 0 Å². The Kier molecular flexibility index (Phi) is 5.71. The summed E-state index contributed by atoms with van der Waals surface area (Å²) in [5.41, 5.74) is 7.10. The molecule has 0 atom stereocenters. The van der Waals surface area contributed by atoms with Crippen molar-refractivity contribution in [2.75, 3.05) is 25.0 Å². The lowest BCUT2D eigenvalue weighted by molar-refractivity contribution is -0.123. The standard InChI is InChI=1S/C25H25N3O3/c1-27(20-11-9-18(10-12-20)23(26)29)24(30)19-13-15-28(16-14-19)25(31)22-8-4-6-17-5-2-3-7-21(17)22/h2-12,19H,13-16H2,1H3,(H2,26,29). The molecule has 3 aromatic carbocycles. The van der Waals surface area contributed by atoms with E-state index >= 15 is 0 Å². The summed E-state index contributed by atoms with van der Waals surface area (Å²) in [5.74, 6) is -0.608. The van der Waals surface area contributed by atoms with E-state index in [9.17, 15) is 14.4 Å². The molecule has 1 aliphatic heterocycles. The van der Waals surface area contributed by atoms with E-state index in [-0.39, 0.29) is 17.7 Å². The molecule has 158 valence electrons. The Labute approximate surface area is 181 Å². The van der Waals surface area contributed by atoms with E-state index < -0.39 is 5.91 Å². The van der Waals surface area contributed by atoms with E-state index in [1.807, 2.05) is 47.4 Å².